The number of aliphatic hydroxyl groups excluding tert-OH is 1. The molecule has 1 amide bonds. The van der Waals surface area contributed by atoms with Gasteiger partial charge in [-0.3, -0.25) is 4.79 Å². The van der Waals surface area contributed by atoms with E-state index in [2.05, 4.69) is 0 Å². The topological polar surface area (TPSA) is 49.8 Å². The Bertz CT molecular complexity index is 482. The maximum Gasteiger partial charge on any atom is 0.251 e. The van der Waals surface area contributed by atoms with Crippen molar-refractivity contribution < 1.29 is 14.6 Å². The molecular weight excluding hydrogens is 266 g/mol. The minimum atomic E-state index is -0.938. The molecule has 3 rings (SSSR count). The molecule has 114 valence electrons. The number of carbonyl (C=O) groups excluding carboxylic acids is 1. The highest BCUT2D eigenvalue weighted by molar-refractivity contribution is 5.81. The van der Waals surface area contributed by atoms with Crippen molar-refractivity contribution >= 4 is 5.91 Å². The number of likely N-dealkylation sites (tertiary alicyclic amines) is 1. The summed E-state index contributed by atoms with van der Waals surface area (Å²) >= 11 is 0. The number of benzene rings is 1. The molecule has 1 aromatic carbocycles. The zero-order chi connectivity index (χ0) is 14.7. The number of nitrogens with zero attached hydrogens (tertiary/aromatic N) is 1. The van der Waals surface area contributed by atoms with Crippen LogP contribution in [0.25, 0.3) is 0 Å². The van der Waals surface area contributed by atoms with Crippen molar-refractivity contribution in [3.05, 3.63) is 35.9 Å². The average molecular weight is 289 g/mol. The first-order chi connectivity index (χ1) is 10.2. The lowest BCUT2D eigenvalue weighted by Gasteiger charge is -2.33. The van der Waals surface area contributed by atoms with E-state index in [1.807, 2.05) is 35.2 Å². The number of rotatable bonds is 3. The summed E-state index contributed by atoms with van der Waals surface area (Å²) in [7, 11) is 0. The standard InChI is InChI=1S/C17H23NO3/c19-15(11-14-5-2-1-3-6-14)16(20)18-9-8-17(12-18)7-4-10-21-13-17/h1-3,5-6,15,19H,4,7-13H2/t15-,17?/m0/s1. The van der Waals surface area contributed by atoms with Crippen LogP contribution in [0.5, 0.6) is 0 Å². The molecule has 0 bridgehead atoms. The Labute approximate surface area is 125 Å². The summed E-state index contributed by atoms with van der Waals surface area (Å²) < 4.78 is 5.59. The number of carbonyl (C=O) groups is 1. The van der Waals surface area contributed by atoms with Gasteiger partial charge in [0.05, 0.1) is 6.61 Å². The fourth-order valence-corrected chi connectivity index (χ4v) is 3.49. The van der Waals surface area contributed by atoms with Crippen LogP contribution in [0.3, 0.4) is 0 Å². The maximum atomic E-state index is 12.4. The molecule has 4 nitrogen and oxygen atoms in total. The lowest BCUT2D eigenvalue weighted by atomic mass is 9.82. The Morgan fingerprint density at radius 1 is 1.33 bits per heavy atom. The molecule has 1 unspecified atom stereocenters. The molecule has 0 aliphatic carbocycles. The number of hydrogen-bond donors (Lipinski definition) is 1. The Morgan fingerprint density at radius 2 is 2.14 bits per heavy atom. The number of aliphatic hydroxyl groups is 1. The third-order valence-corrected chi connectivity index (χ3v) is 4.71. The first kappa shape index (κ1) is 14.5. The van der Waals surface area contributed by atoms with Gasteiger partial charge in [-0.15, -0.1) is 0 Å². The maximum absolute atomic E-state index is 12.4. The van der Waals surface area contributed by atoms with Crippen LogP contribution in [-0.2, 0) is 16.0 Å². The molecule has 0 aromatic heterocycles. The van der Waals surface area contributed by atoms with E-state index >= 15 is 0 Å². The van der Waals surface area contributed by atoms with Crippen LogP contribution >= 0.6 is 0 Å². The lowest BCUT2D eigenvalue weighted by molar-refractivity contribution is -0.139. The van der Waals surface area contributed by atoms with Crippen molar-refractivity contribution in [2.24, 2.45) is 5.41 Å². The average Bonchev–Trinajstić information content (AvgIpc) is 2.92. The largest absolute Gasteiger partial charge is 0.383 e. The van der Waals surface area contributed by atoms with Crippen LogP contribution < -0.4 is 0 Å². The summed E-state index contributed by atoms with van der Waals surface area (Å²) in [4.78, 5) is 14.2. The van der Waals surface area contributed by atoms with Gasteiger partial charge >= 0.3 is 0 Å². The fourth-order valence-electron chi connectivity index (χ4n) is 3.49. The van der Waals surface area contributed by atoms with Crippen LogP contribution in [0.15, 0.2) is 30.3 Å². The zero-order valence-corrected chi connectivity index (χ0v) is 12.3. The van der Waals surface area contributed by atoms with Crippen molar-refractivity contribution in [2.45, 2.75) is 31.8 Å². The highest BCUT2D eigenvalue weighted by atomic mass is 16.5. The molecule has 2 heterocycles. The van der Waals surface area contributed by atoms with E-state index in [4.69, 9.17) is 4.74 Å². The van der Waals surface area contributed by atoms with Crippen molar-refractivity contribution in [1.82, 2.24) is 4.90 Å². The SMILES string of the molecule is O=C([C@@H](O)Cc1ccccc1)N1CCC2(CCCOC2)C1. The van der Waals surface area contributed by atoms with Gasteiger partial charge < -0.3 is 14.7 Å². The van der Waals surface area contributed by atoms with E-state index in [1.165, 1.54) is 0 Å². The fraction of sp³-hybridized carbons (Fsp3) is 0.588. The van der Waals surface area contributed by atoms with Crippen molar-refractivity contribution in [3.63, 3.8) is 0 Å². The summed E-state index contributed by atoms with van der Waals surface area (Å²) in [6.45, 7) is 3.07. The van der Waals surface area contributed by atoms with Crippen molar-refractivity contribution in [2.75, 3.05) is 26.3 Å². The first-order valence-electron chi connectivity index (χ1n) is 7.77. The highest BCUT2D eigenvalue weighted by Gasteiger charge is 2.42. The van der Waals surface area contributed by atoms with Gasteiger partial charge in [0, 0.05) is 31.5 Å². The molecule has 2 saturated heterocycles. The normalized spacial score (nSPS) is 27.0. The van der Waals surface area contributed by atoms with Gasteiger partial charge in [-0.1, -0.05) is 30.3 Å². The predicted octanol–water partition coefficient (Wildman–Crippen LogP) is 1.62. The van der Waals surface area contributed by atoms with E-state index in [9.17, 15) is 9.90 Å². The van der Waals surface area contributed by atoms with Crippen molar-refractivity contribution in [1.29, 1.82) is 0 Å². The third-order valence-electron chi connectivity index (χ3n) is 4.71. The third kappa shape index (κ3) is 3.27. The van der Waals surface area contributed by atoms with Crippen LogP contribution in [-0.4, -0.2) is 48.3 Å². The Kier molecular flexibility index (Phi) is 4.27. The van der Waals surface area contributed by atoms with Crippen LogP contribution in [0.2, 0.25) is 0 Å². The second-order valence-corrected chi connectivity index (χ2v) is 6.37. The van der Waals surface area contributed by atoms with Crippen LogP contribution in [0, 0.1) is 5.41 Å². The van der Waals surface area contributed by atoms with Gasteiger partial charge in [0.15, 0.2) is 0 Å². The molecule has 21 heavy (non-hydrogen) atoms. The highest BCUT2D eigenvalue weighted by Crippen LogP contribution is 2.38. The van der Waals surface area contributed by atoms with Gasteiger partial charge in [0.1, 0.15) is 6.10 Å². The molecule has 2 aliphatic rings. The molecule has 0 radical (unpaired) electrons. The number of hydrogen-bond acceptors (Lipinski definition) is 3. The number of amides is 1. The molecule has 1 spiro atoms. The molecule has 4 heteroatoms. The van der Waals surface area contributed by atoms with Crippen LogP contribution in [0.1, 0.15) is 24.8 Å². The molecule has 2 aliphatic heterocycles. The Morgan fingerprint density at radius 3 is 2.86 bits per heavy atom. The Balaban J connectivity index is 1.58. The monoisotopic (exact) mass is 289 g/mol. The lowest BCUT2D eigenvalue weighted by Crippen LogP contribution is -2.41. The van der Waals surface area contributed by atoms with E-state index < -0.39 is 6.10 Å². The molecule has 0 saturated carbocycles. The van der Waals surface area contributed by atoms with E-state index in [1.54, 1.807) is 0 Å². The molecule has 1 N–H and O–H groups in total. The summed E-state index contributed by atoms with van der Waals surface area (Å²) in [6, 6.07) is 9.67. The predicted molar refractivity (Wildman–Crippen MR) is 79.8 cm³/mol. The van der Waals surface area contributed by atoms with E-state index in [0.717, 1.165) is 51.1 Å². The minimum Gasteiger partial charge on any atom is -0.383 e. The van der Waals surface area contributed by atoms with Gasteiger partial charge in [-0.2, -0.15) is 0 Å². The van der Waals surface area contributed by atoms with Gasteiger partial charge in [0.2, 0.25) is 0 Å². The molecular formula is C17H23NO3. The van der Waals surface area contributed by atoms with E-state index in [-0.39, 0.29) is 11.3 Å². The summed E-state index contributed by atoms with van der Waals surface area (Å²) in [5.41, 5.74) is 1.13. The summed E-state index contributed by atoms with van der Waals surface area (Å²) in [5, 5.41) is 10.2. The molecule has 2 fully saturated rings. The quantitative estimate of drug-likeness (QED) is 0.920. The van der Waals surface area contributed by atoms with Gasteiger partial charge in [0.25, 0.3) is 5.91 Å². The van der Waals surface area contributed by atoms with Gasteiger partial charge in [-0.05, 0) is 24.8 Å². The second-order valence-electron chi connectivity index (χ2n) is 6.37. The number of ether oxygens (including phenoxy) is 1. The van der Waals surface area contributed by atoms with Crippen LogP contribution in [0.4, 0.5) is 0 Å². The summed E-state index contributed by atoms with van der Waals surface area (Å²) in [6.07, 6.45) is 2.66. The Hall–Kier alpha value is -1.39. The van der Waals surface area contributed by atoms with E-state index in [0.29, 0.717) is 6.42 Å². The smallest absolute Gasteiger partial charge is 0.251 e. The van der Waals surface area contributed by atoms with Crippen molar-refractivity contribution in [3.8, 4) is 0 Å². The molecule has 1 aromatic rings. The zero-order valence-electron chi connectivity index (χ0n) is 12.3. The first-order valence-corrected chi connectivity index (χ1v) is 7.77. The van der Waals surface area contributed by atoms with Gasteiger partial charge in [-0.25, -0.2) is 0 Å². The second kappa shape index (κ2) is 6.16. The molecule has 2 atom stereocenters. The minimum absolute atomic E-state index is 0.138. The summed E-state index contributed by atoms with van der Waals surface area (Å²) in [5.74, 6) is -0.138.